The maximum absolute atomic E-state index is 11.8. The van der Waals surface area contributed by atoms with E-state index >= 15 is 0 Å². The van der Waals surface area contributed by atoms with E-state index in [9.17, 15) is 9.59 Å². The highest BCUT2D eigenvalue weighted by molar-refractivity contribution is 5.95. The molecule has 0 unspecified atom stereocenters. The number of para-hydroxylation sites is 1. The lowest BCUT2D eigenvalue weighted by atomic mass is 10.2. The van der Waals surface area contributed by atoms with E-state index in [1.54, 1.807) is 31.2 Å². The minimum absolute atomic E-state index is 0.194. The van der Waals surface area contributed by atoms with Crippen LogP contribution in [0.5, 0.6) is 0 Å². The lowest BCUT2D eigenvalue weighted by Crippen LogP contribution is -2.55. The number of carbonyl (C=O) groups is 2. The van der Waals surface area contributed by atoms with Crippen molar-refractivity contribution in [2.75, 3.05) is 11.9 Å². The molecule has 2 rings (SSSR count). The normalized spacial score (nSPS) is 13.9. The molecular formula is C12H12N6O2. The van der Waals surface area contributed by atoms with Crippen molar-refractivity contribution < 1.29 is 9.59 Å². The van der Waals surface area contributed by atoms with Crippen molar-refractivity contribution in [1.82, 2.24) is 15.9 Å². The molecule has 0 aromatic heterocycles. The van der Waals surface area contributed by atoms with Gasteiger partial charge in [0.2, 0.25) is 0 Å². The van der Waals surface area contributed by atoms with Crippen molar-refractivity contribution in [2.45, 2.75) is 6.92 Å². The SMILES string of the molecule is CC1=NNC(=O)N(NC(=O)Nc2ccccc2C#N)C1. The van der Waals surface area contributed by atoms with E-state index in [1.165, 1.54) is 0 Å². The second-order valence-electron chi connectivity index (χ2n) is 4.07. The number of amides is 4. The van der Waals surface area contributed by atoms with Gasteiger partial charge in [0.1, 0.15) is 6.07 Å². The molecule has 1 aromatic rings. The Labute approximate surface area is 115 Å². The van der Waals surface area contributed by atoms with Gasteiger partial charge in [-0.05, 0) is 19.1 Å². The van der Waals surface area contributed by atoms with Crippen molar-refractivity contribution in [1.29, 1.82) is 5.26 Å². The highest BCUT2D eigenvalue weighted by Crippen LogP contribution is 2.13. The third kappa shape index (κ3) is 3.02. The molecule has 1 aliphatic heterocycles. The van der Waals surface area contributed by atoms with Crippen molar-refractivity contribution in [3.8, 4) is 6.07 Å². The van der Waals surface area contributed by atoms with Crippen molar-refractivity contribution in [3.63, 3.8) is 0 Å². The summed E-state index contributed by atoms with van der Waals surface area (Å²) in [6.45, 7) is 1.91. The van der Waals surface area contributed by atoms with Gasteiger partial charge in [-0.15, -0.1) is 0 Å². The number of nitriles is 1. The lowest BCUT2D eigenvalue weighted by Gasteiger charge is -2.25. The lowest BCUT2D eigenvalue weighted by molar-refractivity contribution is 0.177. The van der Waals surface area contributed by atoms with Crippen molar-refractivity contribution in [2.24, 2.45) is 5.10 Å². The first kappa shape index (κ1) is 13.4. The van der Waals surface area contributed by atoms with E-state index in [2.05, 4.69) is 21.3 Å². The third-order valence-electron chi connectivity index (χ3n) is 2.51. The molecule has 102 valence electrons. The second kappa shape index (κ2) is 5.71. The van der Waals surface area contributed by atoms with Gasteiger partial charge < -0.3 is 5.32 Å². The Hall–Kier alpha value is -3.08. The molecule has 0 radical (unpaired) electrons. The van der Waals surface area contributed by atoms with Gasteiger partial charge in [0.05, 0.1) is 23.5 Å². The smallest absolute Gasteiger partial charge is 0.305 e. The molecule has 1 aliphatic rings. The number of nitrogens with zero attached hydrogens (tertiary/aromatic N) is 3. The van der Waals surface area contributed by atoms with E-state index in [1.807, 2.05) is 6.07 Å². The van der Waals surface area contributed by atoms with Gasteiger partial charge in [-0.1, -0.05) is 12.1 Å². The highest BCUT2D eigenvalue weighted by atomic mass is 16.2. The summed E-state index contributed by atoms with van der Waals surface area (Å²) in [6.07, 6.45) is 0. The third-order valence-corrected chi connectivity index (χ3v) is 2.51. The Morgan fingerprint density at radius 2 is 2.25 bits per heavy atom. The molecule has 1 aromatic carbocycles. The van der Waals surface area contributed by atoms with E-state index < -0.39 is 12.1 Å². The number of rotatable bonds is 2. The molecule has 0 saturated heterocycles. The maximum atomic E-state index is 11.8. The zero-order valence-corrected chi connectivity index (χ0v) is 10.7. The van der Waals surface area contributed by atoms with Crippen LogP contribution in [0.25, 0.3) is 0 Å². The molecule has 8 nitrogen and oxygen atoms in total. The van der Waals surface area contributed by atoms with Crippen LogP contribution in [-0.4, -0.2) is 29.3 Å². The minimum Gasteiger partial charge on any atom is -0.305 e. The van der Waals surface area contributed by atoms with Crippen LogP contribution in [-0.2, 0) is 0 Å². The Morgan fingerprint density at radius 1 is 1.50 bits per heavy atom. The fourth-order valence-corrected chi connectivity index (χ4v) is 1.59. The minimum atomic E-state index is -0.613. The summed E-state index contributed by atoms with van der Waals surface area (Å²) in [5, 5.41) is 16.3. The molecule has 0 saturated carbocycles. The first-order chi connectivity index (χ1) is 9.60. The van der Waals surface area contributed by atoms with Gasteiger partial charge in [0.15, 0.2) is 0 Å². The molecular weight excluding hydrogens is 260 g/mol. The molecule has 0 fully saturated rings. The molecule has 0 spiro atoms. The van der Waals surface area contributed by atoms with Crippen LogP contribution in [0, 0.1) is 11.3 Å². The fraction of sp³-hybridized carbons (Fsp3) is 0.167. The Kier molecular flexibility index (Phi) is 3.81. The molecule has 0 aliphatic carbocycles. The molecule has 8 heteroatoms. The molecule has 3 N–H and O–H groups in total. The number of urea groups is 2. The number of hydrogen-bond acceptors (Lipinski definition) is 4. The van der Waals surface area contributed by atoms with Gasteiger partial charge in [-0.25, -0.2) is 25.4 Å². The molecule has 20 heavy (non-hydrogen) atoms. The van der Waals surface area contributed by atoms with Crippen LogP contribution in [0.3, 0.4) is 0 Å². The average molecular weight is 272 g/mol. The first-order valence-corrected chi connectivity index (χ1v) is 5.77. The molecule has 4 amide bonds. The van der Waals surface area contributed by atoms with E-state index in [0.717, 1.165) is 5.01 Å². The predicted octanol–water partition coefficient (Wildman–Crippen LogP) is 0.996. The number of benzene rings is 1. The van der Waals surface area contributed by atoms with Crippen LogP contribution in [0.1, 0.15) is 12.5 Å². The number of hydrazine groups is 1. The Bertz CT molecular complexity index is 619. The van der Waals surface area contributed by atoms with Crippen LogP contribution in [0.4, 0.5) is 15.3 Å². The molecule has 1 heterocycles. The van der Waals surface area contributed by atoms with Crippen LogP contribution >= 0.6 is 0 Å². The first-order valence-electron chi connectivity index (χ1n) is 5.77. The number of carbonyl (C=O) groups excluding carboxylic acids is 2. The zero-order valence-electron chi connectivity index (χ0n) is 10.7. The molecule has 0 atom stereocenters. The van der Waals surface area contributed by atoms with Crippen LogP contribution in [0.2, 0.25) is 0 Å². The highest BCUT2D eigenvalue weighted by Gasteiger charge is 2.20. The maximum Gasteiger partial charge on any atom is 0.356 e. The summed E-state index contributed by atoms with van der Waals surface area (Å²) >= 11 is 0. The average Bonchev–Trinajstić information content (AvgIpc) is 2.43. The van der Waals surface area contributed by atoms with Gasteiger partial charge in [-0.3, -0.25) is 0 Å². The van der Waals surface area contributed by atoms with Gasteiger partial charge in [0.25, 0.3) is 0 Å². The predicted molar refractivity (Wildman–Crippen MR) is 71.7 cm³/mol. The zero-order chi connectivity index (χ0) is 14.5. The summed E-state index contributed by atoms with van der Waals surface area (Å²) in [5.74, 6) is 0. The van der Waals surface area contributed by atoms with Gasteiger partial charge >= 0.3 is 12.1 Å². The van der Waals surface area contributed by atoms with E-state index in [-0.39, 0.29) is 6.54 Å². The summed E-state index contributed by atoms with van der Waals surface area (Å²) in [7, 11) is 0. The largest absolute Gasteiger partial charge is 0.356 e. The number of nitrogens with one attached hydrogen (secondary N) is 3. The van der Waals surface area contributed by atoms with Crippen LogP contribution < -0.4 is 16.2 Å². The number of hydrogen-bond donors (Lipinski definition) is 3. The van der Waals surface area contributed by atoms with Gasteiger partial charge in [-0.2, -0.15) is 10.4 Å². The quantitative estimate of drug-likeness (QED) is 0.746. The summed E-state index contributed by atoms with van der Waals surface area (Å²) in [5.41, 5.74) is 6.00. The Morgan fingerprint density at radius 3 is 3.00 bits per heavy atom. The van der Waals surface area contributed by atoms with Crippen molar-refractivity contribution >= 4 is 23.5 Å². The Balaban J connectivity index is 2.01. The number of hydrazone groups is 1. The second-order valence-corrected chi connectivity index (χ2v) is 4.07. The summed E-state index contributed by atoms with van der Waals surface area (Å²) < 4.78 is 0. The van der Waals surface area contributed by atoms with Crippen LogP contribution in [0.15, 0.2) is 29.4 Å². The van der Waals surface area contributed by atoms with E-state index in [4.69, 9.17) is 5.26 Å². The summed E-state index contributed by atoms with van der Waals surface area (Å²) in [4.78, 5) is 23.3. The monoisotopic (exact) mass is 272 g/mol. The van der Waals surface area contributed by atoms with Crippen molar-refractivity contribution in [3.05, 3.63) is 29.8 Å². The number of anilines is 1. The summed E-state index contributed by atoms with van der Waals surface area (Å²) in [6, 6.07) is 7.40. The van der Waals surface area contributed by atoms with E-state index in [0.29, 0.717) is 17.0 Å². The standard InChI is InChI=1S/C12H12N6O2/c1-8-7-18(12(20)16-15-8)17-11(19)14-10-5-3-2-4-9(10)6-13/h2-5H,7H2,1H3,(H,16,20)(H2,14,17,19). The van der Waals surface area contributed by atoms with Gasteiger partial charge in [0, 0.05) is 0 Å². The molecule has 0 bridgehead atoms. The fourth-order valence-electron chi connectivity index (χ4n) is 1.59. The topological polar surface area (TPSA) is 110 Å².